The maximum Gasteiger partial charge on any atom is 0.305 e. The number of carboxylic acids is 1. The zero-order chi connectivity index (χ0) is 19.4. The van der Waals surface area contributed by atoms with Gasteiger partial charge in [0.15, 0.2) is 0 Å². The van der Waals surface area contributed by atoms with E-state index in [1.807, 2.05) is 0 Å². The molecule has 1 saturated heterocycles. The Morgan fingerprint density at radius 3 is 2.89 bits per heavy atom. The van der Waals surface area contributed by atoms with Crippen LogP contribution in [0.1, 0.15) is 35.2 Å². The number of anilines is 1. The smallest absolute Gasteiger partial charge is 0.305 e. The van der Waals surface area contributed by atoms with Crippen molar-refractivity contribution in [3.05, 3.63) is 29.3 Å². The number of rotatable bonds is 5. The van der Waals surface area contributed by atoms with Crippen LogP contribution in [0.4, 0.5) is 5.69 Å². The van der Waals surface area contributed by atoms with E-state index in [1.54, 1.807) is 25.2 Å². The summed E-state index contributed by atoms with van der Waals surface area (Å²) in [7, 11) is 1.64. The monoisotopic (exact) mass is 374 g/mol. The predicted octanol–water partition coefficient (Wildman–Crippen LogP) is 0.643. The number of hydrogen-bond acceptors (Lipinski definition) is 5. The highest BCUT2D eigenvalue weighted by Gasteiger charge is 2.29. The molecular formula is C19H26N4O4. The minimum Gasteiger partial charge on any atom is -0.481 e. The van der Waals surface area contributed by atoms with E-state index in [4.69, 9.17) is 5.11 Å². The van der Waals surface area contributed by atoms with Crippen molar-refractivity contribution in [2.24, 2.45) is 5.92 Å². The summed E-state index contributed by atoms with van der Waals surface area (Å²) in [5, 5.41) is 18.4. The van der Waals surface area contributed by atoms with E-state index < -0.39 is 12.0 Å². The number of benzene rings is 1. The molecule has 27 heavy (non-hydrogen) atoms. The van der Waals surface area contributed by atoms with Crippen LogP contribution in [0.25, 0.3) is 0 Å². The summed E-state index contributed by atoms with van der Waals surface area (Å²) in [6.07, 6.45) is 1.95. The first-order valence-electron chi connectivity index (χ1n) is 9.29. The number of likely N-dealkylation sites (N-methyl/N-ethyl adjacent to an activating group) is 1. The fraction of sp³-hybridized carbons (Fsp3) is 0.526. The lowest BCUT2D eigenvalue weighted by atomic mass is 9.99. The van der Waals surface area contributed by atoms with Crippen LogP contribution in [0.2, 0.25) is 0 Å². The van der Waals surface area contributed by atoms with E-state index in [0.29, 0.717) is 30.3 Å². The van der Waals surface area contributed by atoms with Gasteiger partial charge in [0.2, 0.25) is 5.91 Å². The van der Waals surface area contributed by atoms with Crippen LogP contribution in [0.5, 0.6) is 0 Å². The number of piperidine rings is 1. The van der Waals surface area contributed by atoms with Crippen molar-refractivity contribution in [1.82, 2.24) is 15.5 Å². The van der Waals surface area contributed by atoms with Crippen molar-refractivity contribution >= 4 is 23.5 Å². The molecule has 0 bridgehead atoms. The zero-order valence-corrected chi connectivity index (χ0v) is 15.5. The number of aliphatic carboxylic acids is 1. The van der Waals surface area contributed by atoms with E-state index in [-0.39, 0.29) is 18.2 Å². The van der Waals surface area contributed by atoms with Gasteiger partial charge in [0.05, 0.1) is 6.42 Å². The van der Waals surface area contributed by atoms with Crippen molar-refractivity contribution in [2.45, 2.75) is 31.8 Å². The number of amides is 2. The maximum atomic E-state index is 12.5. The highest BCUT2D eigenvalue weighted by atomic mass is 16.4. The molecule has 1 fully saturated rings. The largest absolute Gasteiger partial charge is 0.481 e. The van der Waals surface area contributed by atoms with E-state index in [2.05, 4.69) is 16.0 Å². The summed E-state index contributed by atoms with van der Waals surface area (Å²) >= 11 is 0. The minimum atomic E-state index is -1.04. The van der Waals surface area contributed by atoms with Crippen LogP contribution >= 0.6 is 0 Å². The molecular weight excluding hydrogens is 348 g/mol. The molecule has 2 aliphatic heterocycles. The fourth-order valence-corrected chi connectivity index (χ4v) is 3.61. The average Bonchev–Trinajstić information content (AvgIpc) is 2.77. The Kier molecular flexibility index (Phi) is 5.95. The van der Waals surface area contributed by atoms with Gasteiger partial charge in [-0.25, -0.2) is 0 Å². The van der Waals surface area contributed by atoms with Crippen LogP contribution in [0, 0.1) is 5.92 Å². The van der Waals surface area contributed by atoms with Crippen LogP contribution in [0.3, 0.4) is 0 Å². The van der Waals surface area contributed by atoms with Gasteiger partial charge in [-0.3, -0.25) is 14.4 Å². The third kappa shape index (κ3) is 4.77. The molecule has 2 atom stereocenters. The van der Waals surface area contributed by atoms with E-state index in [1.165, 1.54) is 4.90 Å². The van der Waals surface area contributed by atoms with Gasteiger partial charge in [-0.1, -0.05) is 0 Å². The van der Waals surface area contributed by atoms with Crippen molar-refractivity contribution in [3.8, 4) is 0 Å². The lowest BCUT2D eigenvalue weighted by Gasteiger charge is -2.23. The van der Waals surface area contributed by atoms with E-state index >= 15 is 0 Å². The lowest BCUT2D eigenvalue weighted by molar-refractivity contribution is -0.141. The molecule has 4 N–H and O–H groups in total. The third-order valence-corrected chi connectivity index (χ3v) is 5.11. The molecule has 2 unspecified atom stereocenters. The Morgan fingerprint density at radius 2 is 2.19 bits per heavy atom. The number of hydrogen-bond donors (Lipinski definition) is 4. The minimum absolute atomic E-state index is 0.135. The molecule has 0 radical (unpaired) electrons. The molecule has 1 aromatic carbocycles. The summed E-state index contributed by atoms with van der Waals surface area (Å²) in [4.78, 5) is 37.4. The summed E-state index contributed by atoms with van der Waals surface area (Å²) < 4.78 is 0. The molecule has 2 amide bonds. The number of nitrogens with one attached hydrogen (secondary N) is 3. The number of fused-ring (bicyclic) bond motifs is 1. The van der Waals surface area contributed by atoms with E-state index in [0.717, 1.165) is 31.5 Å². The molecule has 2 aliphatic rings. The topological polar surface area (TPSA) is 111 Å². The first-order valence-corrected chi connectivity index (χ1v) is 9.29. The molecule has 2 heterocycles. The Bertz CT molecular complexity index is 730. The normalized spacial score (nSPS) is 22.4. The molecule has 8 heteroatoms. The summed E-state index contributed by atoms with van der Waals surface area (Å²) in [6, 6.07) is 4.40. The van der Waals surface area contributed by atoms with Gasteiger partial charge in [0.25, 0.3) is 5.91 Å². The number of nitrogens with zero attached hydrogens (tertiary/aromatic N) is 1. The second-order valence-corrected chi connectivity index (χ2v) is 7.28. The Morgan fingerprint density at radius 1 is 1.37 bits per heavy atom. The average molecular weight is 374 g/mol. The van der Waals surface area contributed by atoms with Gasteiger partial charge in [-0.2, -0.15) is 0 Å². The summed E-state index contributed by atoms with van der Waals surface area (Å²) in [5.74, 6) is -0.996. The standard InChI is InChI=1S/C19H26N4O4/c1-23-11-14-7-13(18(26)21-10-12-3-2-6-20-9-12)4-5-15(14)22-16(19(23)27)8-17(24)25/h4-5,7,12,16,20,22H,2-3,6,8-11H2,1H3,(H,21,26)(H,24,25). The predicted molar refractivity (Wildman–Crippen MR) is 101 cm³/mol. The van der Waals surface area contributed by atoms with Gasteiger partial charge in [0.1, 0.15) is 6.04 Å². The molecule has 0 aromatic heterocycles. The van der Waals surface area contributed by atoms with Crippen LogP contribution < -0.4 is 16.0 Å². The molecule has 0 saturated carbocycles. The van der Waals surface area contributed by atoms with Gasteiger partial charge in [-0.05, 0) is 55.6 Å². The number of carboxylic acid groups (broad SMARTS) is 1. The highest BCUT2D eigenvalue weighted by Crippen LogP contribution is 2.25. The van der Waals surface area contributed by atoms with Gasteiger partial charge < -0.3 is 26.0 Å². The van der Waals surface area contributed by atoms with Crippen molar-refractivity contribution in [2.75, 3.05) is 32.0 Å². The maximum absolute atomic E-state index is 12.5. The Labute approximate surface area is 158 Å². The van der Waals surface area contributed by atoms with E-state index in [9.17, 15) is 14.4 Å². The number of carbonyl (C=O) groups excluding carboxylic acids is 2. The molecule has 8 nitrogen and oxygen atoms in total. The SMILES string of the molecule is CN1Cc2cc(C(=O)NCC3CCCNC3)ccc2NC(CC(=O)O)C1=O. The fourth-order valence-electron chi connectivity index (χ4n) is 3.61. The molecule has 0 aliphatic carbocycles. The van der Waals surface area contributed by atoms with Crippen molar-refractivity contribution in [3.63, 3.8) is 0 Å². The second kappa shape index (κ2) is 8.39. The second-order valence-electron chi connectivity index (χ2n) is 7.28. The Balaban J connectivity index is 1.70. The highest BCUT2D eigenvalue weighted by molar-refractivity contribution is 5.95. The quantitative estimate of drug-likeness (QED) is 0.602. The zero-order valence-electron chi connectivity index (χ0n) is 15.5. The third-order valence-electron chi connectivity index (χ3n) is 5.11. The van der Waals surface area contributed by atoms with Gasteiger partial charge in [-0.15, -0.1) is 0 Å². The Hall–Kier alpha value is -2.61. The lowest BCUT2D eigenvalue weighted by Crippen LogP contribution is -2.39. The summed E-state index contributed by atoms with van der Waals surface area (Å²) in [6.45, 7) is 2.93. The number of carbonyl (C=O) groups is 3. The molecule has 146 valence electrons. The summed E-state index contributed by atoms with van der Waals surface area (Å²) in [5.41, 5.74) is 2.02. The van der Waals surface area contributed by atoms with Crippen molar-refractivity contribution in [1.29, 1.82) is 0 Å². The van der Waals surface area contributed by atoms with Crippen molar-refractivity contribution < 1.29 is 19.5 Å². The van der Waals surface area contributed by atoms with Crippen LogP contribution in [-0.4, -0.2) is 60.5 Å². The van der Waals surface area contributed by atoms with Crippen LogP contribution in [-0.2, 0) is 16.1 Å². The molecule has 0 spiro atoms. The van der Waals surface area contributed by atoms with Gasteiger partial charge in [0, 0.05) is 31.4 Å². The van der Waals surface area contributed by atoms with Crippen LogP contribution in [0.15, 0.2) is 18.2 Å². The first kappa shape index (κ1) is 19.2. The molecule has 1 aromatic rings. The van der Waals surface area contributed by atoms with Gasteiger partial charge >= 0.3 is 5.97 Å². The first-order chi connectivity index (χ1) is 12.9. The molecule has 3 rings (SSSR count).